The standard InChI is InChI=1S/C16H17AsN2O3/c1-16(2)11-8-12(17)14(19(21)22)9-13(11)18(15(16)20)7-3-4-10-5-6-10/h8-10H,5-7,17H2,1-2H3. The molecular formula is C16H17AsN2O3. The summed E-state index contributed by atoms with van der Waals surface area (Å²) in [6.07, 6.45) is 2.27. The van der Waals surface area contributed by atoms with Crippen molar-refractivity contribution in [2.24, 2.45) is 5.92 Å². The predicted molar refractivity (Wildman–Crippen MR) is 87.2 cm³/mol. The van der Waals surface area contributed by atoms with E-state index in [4.69, 9.17) is 0 Å². The molecule has 3 rings (SSSR count). The van der Waals surface area contributed by atoms with Crippen LogP contribution >= 0.6 is 0 Å². The van der Waals surface area contributed by atoms with Gasteiger partial charge in [-0.25, -0.2) is 0 Å². The van der Waals surface area contributed by atoms with E-state index in [1.54, 1.807) is 11.0 Å². The van der Waals surface area contributed by atoms with Crippen molar-refractivity contribution in [2.45, 2.75) is 32.1 Å². The fraction of sp³-hybridized carbons (Fsp3) is 0.438. The molecule has 0 radical (unpaired) electrons. The van der Waals surface area contributed by atoms with Gasteiger partial charge in [-0.15, -0.1) is 0 Å². The van der Waals surface area contributed by atoms with Gasteiger partial charge in [0, 0.05) is 0 Å². The molecule has 5 nitrogen and oxygen atoms in total. The molecule has 114 valence electrons. The van der Waals surface area contributed by atoms with Crippen molar-refractivity contribution < 1.29 is 9.72 Å². The van der Waals surface area contributed by atoms with E-state index >= 15 is 0 Å². The molecule has 1 aromatic rings. The van der Waals surface area contributed by atoms with Crippen LogP contribution in [0.1, 0.15) is 32.3 Å². The number of nitro groups is 1. The third kappa shape index (κ3) is 2.42. The van der Waals surface area contributed by atoms with E-state index in [0.29, 0.717) is 22.5 Å². The first kappa shape index (κ1) is 15.1. The Bertz CT molecular complexity index is 742. The van der Waals surface area contributed by atoms with Gasteiger partial charge in [0.15, 0.2) is 0 Å². The third-order valence-corrected chi connectivity index (χ3v) is 5.18. The van der Waals surface area contributed by atoms with Crippen LogP contribution in [0.25, 0.3) is 0 Å². The summed E-state index contributed by atoms with van der Waals surface area (Å²) >= 11 is 1.20. The summed E-state index contributed by atoms with van der Waals surface area (Å²) < 4.78 is 0.642. The fourth-order valence-corrected chi connectivity index (χ4v) is 3.44. The van der Waals surface area contributed by atoms with Crippen molar-refractivity contribution in [3.63, 3.8) is 0 Å². The van der Waals surface area contributed by atoms with Gasteiger partial charge in [0.2, 0.25) is 0 Å². The van der Waals surface area contributed by atoms with Gasteiger partial charge in [-0.05, 0) is 0 Å². The van der Waals surface area contributed by atoms with Gasteiger partial charge >= 0.3 is 137 Å². The van der Waals surface area contributed by atoms with E-state index in [1.807, 2.05) is 13.8 Å². The number of carbonyl (C=O) groups excluding carboxylic acids is 1. The van der Waals surface area contributed by atoms with E-state index in [2.05, 4.69) is 11.8 Å². The molecule has 1 amide bonds. The second kappa shape index (κ2) is 5.14. The fourth-order valence-electron chi connectivity index (χ4n) is 2.69. The van der Waals surface area contributed by atoms with E-state index in [9.17, 15) is 14.9 Å². The Morgan fingerprint density at radius 2 is 2.14 bits per heavy atom. The summed E-state index contributed by atoms with van der Waals surface area (Å²) in [5.41, 5.74) is 0.903. The summed E-state index contributed by atoms with van der Waals surface area (Å²) in [6, 6.07) is 3.32. The molecule has 0 spiro atoms. The van der Waals surface area contributed by atoms with E-state index in [-0.39, 0.29) is 16.5 Å². The molecule has 0 aromatic heterocycles. The molecule has 1 unspecified atom stereocenters. The van der Waals surface area contributed by atoms with Gasteiger partial charge in [-0.3, -0.25) is 0 Å². The Labute approximate surface area is 137 Å². The van der Waals surface area contributed by atoms with Crippen LogP contribution in [0.15, 0.2) is 12.1 Å². The average Bonchev–Trinajstić information content (AvgIpc) is 3.24. The second-order valence-electron chi connectivity index (χ2n) is 6.30. The van der Waals surface area contributed by atoms with Crippen molar-refractivity contribution in [3.8, 4) is 11.8 Å². The summed E-state index contributed by atoms with van der Waals surface area (Å²) in [7, 11) is 0. The molecule has 0 N–H and O–H groups in total. The SMILES string of the molecule is CC1(C)C(=O)N(CC#CC2CC2)c2cc([N+](=O)[O-])c([AsH2])cc21. The van der Waals surface area contributed by atoms with Crippen LogP contribution in [-0.2, 0) is 10.2 Å². The number of hydrogen-bond acceptors (Lipinski definition) is 3. The van der Waals surface area contributed by atoms with Crippen LogP contribution in [0, 0.1) is 27.9 Å². The summed E-state index contributed by atoms with van der Waals surface area (Å²) in [6.45, 7) is 4.03. The van der Waals surface area contributed by atoms with Gasteiger partial charge in [0.05, 0.1) is 0 Å². The summed E-state index contributed by atoms with van der Waals surface area (Å²) in [5.74, 6) is 6.62. The minimum absolute atomic E-state index is 0.0417. The Balaban J connectivity index is 2.04. The average molecular weight is 360 g/mol. The molecule has 2 aliphatic rings. The van der Waals surface area contributed by atoms with Crippen molar-refractivity contribution in [1.82, 2.24) is 0 Å². The maximum absolute atomic E-state index is 12.7. The van der Waals surface area contributed by atoms with Gasteiger partial charge < -0.3 is 0 Å². The summed E-state index contributed by atoms with van der Waals surface area (Å²) in [5, 5.41) is 11.2. The van der Waals surface area contributed by atoms with Crippen LogP contribution in [0.4, 0.5) is 11.4 Å². The number of nitrogens with zero attached hydrogens (tertiary/aromatic N) is 2. The molecule has 22 heavy (non-hydrogen) atoms. The molecule has 1 aliphatic heterocycles. The van der Waals surface area contributed by atoms with Crippen molar-refractivity contribution in [1.29, 1.82) is 0 Å². The topological polar surface area (TPSA) is 63.5 Å². The second-order valence-corrected chi connectivity index (χ2v) is 7.60. The molecule has 1 aliphatic carbocycles. The number of benzene rings is 1. The molecule has 1 aromatic carbocycles. The van der Waals surface area contributed by atoms with Crippen LogP contribution in [0.5, 0.6) is 0 Å². The van der Waals surface area contributed by atoms with Gasteiger partial charge in [0.1, 0.15) is 0 Å². The summed E-state index contributed by atoms with van der Waals surface area (Å²) in [4.78, 5) is 25.0. The number of anilines is 1. The van der Waals surface area contributed by atoms with Crippen LogP contribution in [-0.4, -0.2) is 34.2 Å². The zero-order valence-electron chi connectivity index (χ0n) is 12.5. The molecule has 1 saturated carbocycles. The van der Waals surface area contributed by atoms with Gasteiger partial charge in [0.25, 0.3) is 0 Å². The molecule has 1 heterocycles. The van der Waals surface area contributed by atoms with E-state index in [1.165, 1.54) is 22.9 Å². The van der Waals surface area contributed by atoms with Crippen LogP contribution < -0.4 is 9.25 Å². The first-order valence-electron chi connectivity index (χ1n) is 7.21. The Morgan fingerprint density at radius 3 is 2.73 bits per heavy atom. The third-order valence-electron chi connectivity index (χ3n) is 4.21. The van der Waals surface area contributed by atoms with Gasteiger partial charge in [-0.1, -0.05) is 0 Å². The van der Waals surface area contributed by atoms with Crippen molar-refractivity contribution in [3.05, 3.63) is 27.8 Å². The zero-order chi connectivity index (χ0) is 16.1. The number of carbonyl (C=O) groups is 1. The first-order chi connectivity index (χ1) is 10.3. The molecular weight excluding hydrogens is 343 g/mol. The Hall–Kier alpha value is -1.79. The normalized spacial score (nSPS) is 18.7. The first-order valence-corrected chi connectivity index (χ1v) is 8.42. The monoisotopic (exact) mass is 360 g/mol. The maximum atomic E-state index is 12.7. The number of fused-ring (bicyclic) bond motifs is 1. The molecule has 6 heteroatoms. The van der Waals surface area contributed by atoms with Crippen LogP contribution in [0.3, 0.4) is 0 Å². The Morgan fingerprint density at radius 1 is 1.45 bits per heavy atom. The minimum atomic E-state index is -0.660. The van der Waals surface area contributed by atoms with E-state index in [0.717, 1.165) is 18.4 Å². The molecule has 0 saturated heterocycles. The zero-order valence-corrected chi connectivity index (χ0v) is 15.0. The molecule has 0 bridgehead atoms. The quantitative estimate of drug-likeness (QED) is 0.341. The number of nitro benzene ring substituents is 1. The van der Waals surface area contributed by atoms with Crippen LogP contribution in [0.2, 0.25) is 0 Å². The van der Waals surface area contributed by atoms with Crippen molar-refractivity contribution >= 4 is 38.5 Å². The number of amides is 1. The number of rotatable bonds is 2. The molecule has 1 fully saturated rings. The predicted octanol–water partition coefficient (Wildman–Crippen LogP) is 0.891. The number of hydrogen-bond donors (Lipinski definition) is 0. The Kier molecular flexibility index (Phi) is 3.53. The van der Waals surface area contributed by atoms with Gasteiger partial charge in [-0.2, -0.15) is 0 Å². The van der Waals surface area contributed by atoms with E-state index < -0.39 is 5.41 Å². The molecule has 1 atom stereocenters. The van der Waals surface area contributed by atoms with Crippen molar-refractivity contribution in [2.75, 3.05) is 11.4 Å².